The summed E-state index contributed by atoms with van der Waals surface area (Å²) in [4.78, 5) is 10.00. The lowest BCUT2D eigenvalue weighted by molar-refractivity contribution is -0.107. The first-order valence-corrected chi connectivity index (χ1v) is 7.16. The predicted molar refractivity (Wildman–Crippen MR) is 59.2 cm³/mol. The van der Waals surface area contributed by atoms with Crippen molar-refractivity contribution in [1.29, 1.82) is 0 Å². The minimum Gasteiger partial charge on any atom is -0.303 e. The smallest absolute Gasteiger partial charge is 0.264 e. The highest BCUT2D eigenvalue weighted by molar-refractivity contribution is 7.85. The highest BCUT2D eigenvalue weighted by atomic mass is 32.2. The first-order chi connectivity index (χ1) is 7.06. The standard InChI is InChI=1S/C10H20O4S/c1-15(12,13)14-10-8-6-4-2-3-5-7-9-11/h9H,2-8,10H2,1H3. The first-order valence-electron chi connectivity index (χ1n) is 5.34. The Morgan fingerprint density at radius 1 is 1.00 bits per heavy atom. The number of carbonyl (C=O) groups excluding carboxylic acids is 1. The molecule has 0 spiro atoms. The molecule has 0 bridgehead atoms. The van der Waals surface area contributed by atoms with Crippen LogP contribution in [0.3, 0.4) is 0 Å². The van der Waals surface area contributed by atoms with Crippen molar-refractivity contribution < 1.29 is 17.4 Å². The minimum atomic E-state index is -3.27. The Kier molecular flexibility index (Phi) is 8.61. The molecule has 0 aliphatic rings. The minimum absolute atomic E-state index is 0.285. The van der Waals surface area contributed by atoms with Gasteiger partial charge in [-0.1, -0.05) is 25.7 Å². The van der Waals surface area contributed by atoms with Crippen molar-refractivity contribution in [3.63, 3.8) is 0 Å². The summed E-state index contributed by atoms with van der Waals surface area (Å²) in [7, 11) is -3.27. The fourth-order valence-electron chi connectivity index (χ4n) is 1.25. The molecule has 0 atom stereocenters. The largest absolute Gasteiger partial charge is 0.303 e. The molecule has 0 amide bonds. The maximum Gasteiger partial charge on any atom is 0.264 e. The van der Waals surface area contributed by atoms with E-state index >= 15 is 0 Å². The summed E-state index contributed by atoms with van der Waals surface area (Å²) in [6.45, 7) is 0.285. The molecular formula is C10H20O4S. The van der Waals surface area contributed by atoms with E-state index in [1.165, 1.54) is 0 Å². The zero-order valence-electron chi connectivity index (χ0n) is 9.28. The fourth-order valence-corrected chi connectivity index (χ4v) is 1.67. The van der Waals surface area contributed by atoms with Crippen molar-refractivity contribution in [1.82, 2.24) is 0 Å². The summed E-state index contributed by atoms with van der Waals surface area (Å²) in [5.74, 6) is 0. The molecule has 0 unspecified atom stereocenters. The second-order valence-electron chi connectivity index (χ2n) is 3.60. The van der Waals surface area contributed by atoms with Crippen LogP contribution in [0.5, 0.6) is 0 Å². The van der Waals surface area contributed by atoms with E-state index in [4.69, 9.17) is 0 Å². The van der Waals surface area contributed by atoms with Crippen LogP contribution in [0.15, 0.2) is 0 Å². The quantitative estimate of drug-likeness (QED) is 0.330. The summed E-state index contributed by atoms with van der Waals surface area (Å²) in [6.07, 6.45) is 8.63. The van der Waals surface area contributed by atoms with Crippen LogP contribution in [0.25, 0.3) is 0 Å². The molecule has 0 fully saturated rings. The average Bonchev–Trinajstić information content (AvgIpc) is 2.14. The zero-order valence-corrected chi connectivity index (χ0v) is 10.1. The van der Waals surface area contributed by atoms with Crippen LogP contribution in [-0.4, -0.2) is 27.6 Å². The van der Waals surface area contributed by atoms with Gasteiger partial charge in [-0.3, -0.25) is 4.18 Å². The average molecular weight is 236 g/mol. The van der Waals surface area contributed by atoms with Crippen molar-refractivity contribution in [3.05, 3.63) is 0 Å². The summed E-state index contributed by atoms with van der Waals surface area (Å²) in [5, 5.41) is 0. The normalized spacial score (nSPS) is 11.5. The third kappa shape index (κ3) is 13.6. The van der Waals surface area contributed by atoms with Gasteiger partial charge in [0, 0.05) is 6.42 Å². The Bertz CT molecular complexity index is 246. The van der Waals surface area contributed by atoms with Crippen molar-refractivity contribution in [3.8, 4) is 0 Å². The van der Waals surface area contributed by atoms with Gasteiger partial charge in [-0.05, 0) is 12.8 Å². The van der Waals surface area contributed by atoms with Gasteiger partial charge in [0.25, 0.3) is 10.1 Å². The summed E-state index contributed by atoms with van der Waals surface area (Å²) >= 11 is 0. The molecule has 90 valence electrons. The number of aldehydes is 1. The monoisotopic (exact) mass is 236 g/mol. The number of carbonyl (C=O) groups is 1. The molecule has 0 aliphatic carbocycles. The Labute approximate surface area is 92.1 Å². The second kappa shape index (κ2) is 8.85. The molecule has 4 nitrogen and oxygen atoms in total. The van der Waals surface area contributed by atoms with Gasteiger partial charge in [-0.15, -0.1) is 0 Å². The Balaban J connectivity index is 3.08. The summed E-state index contributed by atoms with van der Waals surface area (Å²) < 4.78 is 25.8. The number of hydrogen-bond acceptors (Lipinski definition) is 4. The van der Waals surface area contributed by atoms with E-state index in [2.05, 4.69) is 4.18 Å². The van der Waals surface area contributed by atoms with Gasteiger partial charge in [0.15, 0.2) is 0 Å². The maximum absolute atomic E-state index is 10.6. The SMILES string of the molecule is CS(=O)(=O)OCCCCCCCCC=O. The lowest BCUT2D eigenvalue weighted by atomic mass is 10.1. The Hall–Kier alpha value is -0.420. The molecule has 0 aromatic rings. The number of hydrogen-bond donors (Lipinski definition) is 0. The highest BCUT2D eigenvalue weighted by Gasteiger charge is 1.99. The Morgan fingerprint density at radius 2 is 1.53 bits per heavy atom. The van der Waals surface area contributed by atoms with Crippen molar-refractivity contribution in [2.75, 3.05) is 12.9 Å². The van der Waals surface area contributed by atoms with Crippen molar-refractivity contribution in [2.24, 2.45) is 0 Å². The van der Waals surface area contributed by atoms with Crippen molar-refractivity contribution in [2.45, 2.75) is 44.9 Å². The van der Waals surface area contributed by atoms with Gasteiger partial charge in [0.2, 0.25) is 0 Å². The molecule has 0 aliphatic heterocycles. The van der Waals surface area contributed by atoms with Crippen LogP contribution in [-0.2, 0) is 19.1 Å². The molecule has 0 rings (SSSR count). The maximum atomic E-state index is 10.6. The van der Waals surface area contributed by atoms with E-state index in [0.717, 1.165) is 51.1 Å². The summed E-state index contributed by atoms with van der Waals surface area (Å²) in [6, 6.07) is 0. The number of unbranched alkanes of at least 4 members (excludes halogenated alkanes) is 6. The molecule has 15 heavy (non-hydrogen) atoms. The topological polar surface area (TPSA) is 60.4 Å². The van der Waals surface area contributed by atoms with E-state index in [1.807, 2.05) is 0 Å². The Morgan fingerprint density at radius 3 is 2.07 bits per heavy atom. The fraction of sp³-hybridized carbons (Fsp3) is 0.900. The van der Waals surface area contributed by atoms with Gasteiger partial charge in [0.05, 0.1) is 12.9 Å². The van der Waals surface area contributed by atoms with Crippen LogP contribution in [0, 0.1) is 0 Å². The van der Waals surface area contributed by atoms with E-state index < -0.39 is 10.1 Å². The molecule has 0 aromatic heterocycles. The molecule has 0 aromatic carbocycles. The number of rotatable bonds is 10. The van der Waals surface area contributed by atoms with E-state index in [1.54, 1.807) is 0 Å². The van der Waals surface area contributed by atoms with E-state index in [-0.39, 0.29) is 6.61 Å². The van der Waals surface area contributed by atoms with Crippen LogP contribution >= 0.6 is 0 Å². The van der Waals surface area contributed by atoms with Gasteiger partial charge >= 0.3 is 0 Å². The predicted octanol–water partition coefficient (Wildman–Crippen LogP) is 1.89. The molecule has 0 saturated heterocycles. The molecule has 5 heteroatoms. The second-order valence-corrected chi connectivity index (χ2v) is 5.25. The van der Waals surface area contributed by atoms with Crippen LogP contribution in [0.1, 0.15) is 44.9 Å². The van der Waals surface area contributed by atoms with E-state index in [9.17, 15) is 13.2 Å². The van der Waals surface area contributed by atoms with Gasteiger partial charge in [-0.2, -0.15) is 8.42 Å². The molecule has 0 radical (unpaired) electrons. The van der Waals surface area contributed by atoms with Crippen LogP contribution in [0.2, 0.25) is 0 Å². The van der Waals surface area contributed by atoms with Gasteiger partial charge in [-0.25, -0.2) is 0 Å². The van der Waals surface area contributed by atoms with E-state index in [0.29, 0.717) is 6.42 Å². The van der Waals surface area contributed by atoms with Crippen molar-refractivity contribution >= 4 is 16.4 Å². The van der Waals surface area contributed by atoms with Crippen LogP contribution < -0.4 is 0 Å². The lowest BCUT2D eigenvalue weighted by Crippen LogP contribution is -2.03. The summed E-state index contributed by atoms with van der Waals surface area (Å²) in [5.41, 5.74) is 0. The van der Waals surface area contributed by atoms with Crippen LogP contribution in [0.4, 0.5) is 0 Å². The van der Waals surface area contributed by atoms with Gasteiger partial charge < -0.3 is 4.79 Å². The molecule has 0 saturated carbocycles. The lowest BCUT2D eigenvalue weighted by Gasteiger charge is -2.01. The molecular weight excluding hydrogens is 216 g/mol. The van der Waals surface area contributed by atoms with Gasteiger partial charge in [0.1, 0.15) is 6.29 Å². The third-order valence-corrected chi connectivity index (χ3v) is 2.61. The molecule has 0 N–H and O–H groups in total. The third-order valence-electron chi connectivity index (χ3n) is 2.01. The zero-order chi connectivity index (χ0) is 11.6. The first kappa shape index (κ1) is 14.6. The highest BCUT2D eigenvalue weighted by Crippen LogP contribution is 2.06. The molecule has 0 heterocycles.